The maximum absolute atomic E-state index is 12.8. The van der Waals surface area contributed by atoms with E-state index in [-0.39, 0.29) is 30.6 Å². The van der Waals surface area contributed by atoms with Gasteiger partial charge >= 0.3 is 11.9 Å². The number of nitrogens with one attached hydrogen (secondary N) is 3. The number of carbonyl (C=O) groups excluding carboxylic acids is 3. The molecule has 0 saturated carbocycles. The van der Waals surface area contributed by atoms with Gasteiger partial charge in [-0.25, -0.2) is 4.79 Å². The summed E-state index contributed by atoms with van der Waals surface area (Å²) in [5, 5.41) is 25.5. The monoisotopic (exact) mass is 444 g/mol. The van der Waals surface area contributed by atoms with Crippen molar-refractivity contribution in [2.75, 3.05) is 0 Å². The van der Waals surface area contributed by atoms with Gasteiger partial charge in [0.1, 0.15) is 18.1 Å². The molecule has 0 bridgehead atoms. The van der Waals surface area contributed by atoms with Crippen LogP contribution in [0.2, 0.25) is 0 Å². The first-order chi connectivity index (χ1) is 14.2. The second-order valence-corrected chi connectivity index (χ2v) is 8.57. The molecule has 7 N–H and O–H groups in total. The van der Waals surface area contributed by atoms with Gasteiger partial charge in [0.05, 0.1) is 6.04 Å². The first-order valence-corrected chi connectivity index (χ1v) is 10.3. The van der Waals surface area contributed by atoms with Crippen LogP contribution in [0, 0.1) is 17.8 Å². The molecule has 11 heteroatoms. The van der Waals surface area contributed by atoms with E-state index in [2.05, 4.69) is 16.0 Å². The van der Waals surface area contributed by atoms with E-state index < -0.39 is 53.8 Å². The fourth-order valence-corrected chi connectivity index (χ4v) is 2.74. The molecule has 4 unspecified atom stereocenters. The smallest absolute Gasteiger partial charge is 0.326 e. The fraction of sp³-hybridized carbons (Fsp3) is 0.750. The van der Waals surface area contributed by atoms with Crippen LogP contribution in [0.3, 0.4) is 0 Å². The Hall–Kier alpha value is -2.69. The molecule has 178 valence electrons. The van der Waals surface area contributed by atoms with E-state index in [0.717, 1.165) is 0 Å². The number of rotatable bonds is 13. The molecule has 11 nitrogen and oxygen atoms in total. The molecule has 0 aliphatic rings. The molecule has 0 rings (SSSR count). The lowest BCUT2D eigenvalue weighted by Crippen LogP contribution is -2.60. The largest absolute Gasteiger partial charge is 0.481 e. The van der Waals surface area contributed by atoms with Gasteiger partial charge in [-0.15, -0.1) is 0 Å². The van der Waals surface area contributed by atoms with Crippen LogP contribution in [-0.4, -0.2) is 64.0 Å². The molecule has 4 atom stereocenters. The van der Waals surface area contributed by atoms with Gasteiger partial charge in [-0.1, -0.05) is 41.5 Å². The minimum absolute atomic E-state index is 0.0869. The number of carboxylic acids is 2. The van der Waals surface area contributed by atoms with Crippen LogP contribution in [-0.2, 0) is 24.0 Å². The Bertz CT molecular complexity index is 664. The molecule has 3 amide bonds. The third kappa shape index (κ3) is 9.77. The zero-order valence-electron chi connectivity index (χ0n) is 19.0. The lowest BCUT2D eigenvalue weighted by molar-refractivity contribution is -0.144. The normalized spacial score (nSPS) is 15.2. The van der Waals surface area contributed by atoms with E-state index >= 15 is 0 Å². The molecule has 0 radical (unpaired) electrons. The molecule has 0 aromatic carbocycles. The van der Waals surface area contributed by atoms with Gasteiger partial charge in [-0.3, -0.25) is 19.2 Å². The summed E-state index contributed by atoms with van der Waals surface area (Å²) < 4.78 is 0. The summed E-state index contributed by atoms with van der Waals surface area (Å²) in [5.74, 6) is -5.28. The van der Waals surface area contributed by atoms with Crippen LogP contribution >= 0.6 is 0 Å². The lowest BCUT2D eigenvalue weighted by Gasteiger charge is -2.29. The molecular weight excluding hydrogens is 408 g/mol. The van der Waals surface area contributed by atoms with Gasteiger partial charge in [-0.2, -0.15) is 0 Å². The third-order valence-corrected chi connectivity index (χ3v) is 4.73. The highest BCUT2D eigenvalue weighted by Crippen LogP contribution is 2.09. The summed E-state index contributed by atoms with van der Waals surface area (Å²) in [7, 11) is 0. The van der Waals surface area contributed by atoms with Crippen LogP contribution in [0.25, 0.3) is 0 Å². The Labute approximate surface area is 182 Å². The van der Waals surface area contributed by atoms with Crippen molar-refractivity contribution in [2.24, 2.45) is 23.5 Å². The van der Waals surface area contributed by atoms with E-state index in [9.17, 15) is 29.1 Å². The third-order valence-electron chi connectivity index (χ3n) is 4.73. The molecule has 0 fully saturated rings. The SMILES string of the molecule is CC(C)C(NC(=O)C(NC(=O)C(NC(=O)C(N)CCC(=O)O)C(C)C)C(C)C)C(=O)O. The number of hydrogen-bond acceptors (Lipinski definition) is 6. The summed E-state index contributed by atoms with van der Waals surface area (Å²) in [5.41, 5.74) is 5.70. The van der Waals surface area contributed by atoms with Crippen LogP contribution in [0.15, 0.2) is 0 Å². The van der Waals surface area contributed by atoms with Crippen molar-refractivity contribution >= 4 is 29.7 Å². The van der Waals surface area contributed by atoms with Crippen molar-refractivity contribution in [3.63, 3.8) is 0 Å². The number of nitrogens with two attached hydrogens (primary N) is 1. The average molecular weight is 445 g/mol. The van der Waals surface area contributed by atoms with Crippen LogP contribution in [0.5, 0.6) is 0 Å². The molecular formula is C20H36N4O7. The fourth-order valence-electron chi connectivity index (χ4n) is 2.74. The highest BCUT2D eigenvalue weighted by Gasteiger charge is 2.33. The molecule has 0 aliphatic heterocycles. The first-order valence-electron chi connectivity index (χ1n) is 10.3. The van der Waals surface area contributed by atoms with E-state index in [1.165, 1.54) is 0 Å². The van der Waals surface area contributed by atoms with E-state index in [1.807, 2.05) is 0 Å². The lowest BCUT2D eigenvalue weighted by atomic mass is 9.98. The predicted octanol–water partition coefficient (Wildman–Crippen LogP) is -0.314. The minimum Gasteiger partial charge on any atom is -0.481 e. The zero-order chi connectivity index (χ0) is 24.5. The number of amides is 3. The van der Waals surface area contributed by atoms with Gasteiger partial charge in [0.2, 0.25) is 17.7 Å². The Morgan fingerprint density at radius 2 is 1.03 bits per heavy atom. The Kier molecular flexibility index (Phi) is 11.8. The van der Waals surface area contributed by atoms with Crippen LogP contribution < -0.4 is 21.7 Å². The number of hydrogen-bond donors (Lipinski definition) is 6. The molecule has 0 saturated heterocycles. The molecule has 0 aliphatic carbocycles. The maximum atomic E-state index is 12.8. The molecule has 0 heterocycles. The molecule has 31 heavy (non-hydrogen) atoms. The number of carbonyl (C=O) groups is 5. The highest BCUT2D eigenvalue weighted by atomic mass is 16.4. The maximum Gasteiger partial charge on any atom is 0.326 e. The van der Waals surface area contributed by atoms with Crippen molar-refractivity contribution in [1.82, 2.24) is 16.0 Å². The van der Waals surface area contributed by atoms with E-state index in [1.54, 1.807) is 41.5 Å². The second kappa shape index (κ2) is 12.9. The van der Waals surface area contributed by atoms with Gasteiger partial charge in [0, 0.05) is 6.42 Å². The van der Waals surface area contributed by atoms with Gasteiger partial charge in [-0.05, 0) is 24.2 Å². The van der Waals surface area contributed by atoms with Crippen LogP contribution in [0.1, 0.15) is 54.4 Å². The average Bonchev–Trinajstić information content (AvgIpc) is 2.64. The quantitative estimate of drug-likeness (QED) is 0.223. The number of carboxylic acid groups (broad SMARTS) is 2. The van der Waals surface area contributed by atoms with Crippen molar-refractivity contribution in [3.8, 4) is 0 Å². The van der Waals surface area contributed by atoms with Crippen LogP contribution in [0.4, 0.5) is 0 Å². The molecule has 0 aromatic heterocycles. The first kappa shape index (κ1) is 28.3. The van der Waals surface area contributed by atoms with Crippen molar-refractivity contribution in [3.05, 3.63) is 0 Å². The van der Waals surface area contributed by atoms with Gasteiger partial charge < -0.3 is 31.9 Å². The molecule has 0 aromatic rings. The van der Waals surface area contributed by atoms with Gasteiger partial charge in [0.25, 0.3) is 0 Å². The van der Waals surface area contributed by atoms with Crippen molar-refractivity contribution < 1.29 is 34.2 Å². The Morgan fingerprint density at radius 3 is 1.35 bits per heavy atom. The molecule has 0 spiro atoms. The summed E-state index contributed by atoms with van der Waals surface area (Å²) in [6, 6.07) is -4.25. The topological polar surface area (TPSA) is 188 Å². The summed E-state index contributed by atoms with van der Waals surface area (Å²) in [6.07, 6.45) is -0.375. The van der Waals surface area contributed by atoms with E-state index in [0.29, 0.717) is 0 Å². The van der Waals surface area contributed by atoms with Gasteiger partial charge in [0.15, 0.2) is 0 Å². The second-order valence-electron chi connectivity index (χ2n) is 8.57. The predicted molar refractivity (Wildman–Crippen MR) is 113 cm³/mol. The highest BCUT2D eigenvalue weighted by molar-refractivity contribution is 5.94. The standard InChI is InChI=1S/C20H36N4O7/c1-9(2)14(22-17(27)12(21)7-8-13(25)26)18(28)23-15(10(3)4)19(29)24-16(11(5)6)20(30)31/h9-12,14-16H,7-8,21H2,1-6H3,(H,22,27)(H,23,28)(H,24,29)(H,25,26)(H,30,31). The summed E-state index contributed by atoms with van der Waals surface area (Å²) >= 11 is 0. The Morgan fingerprint density at radius 1 is 0.677 bits per heavy atom. The van der Waals surface area contributed by atoms with E-state index in [4.69, 9.17) is 10.8 Å². The Balaban J connectivity index is 5.31. The van der Waals surface area contributed by atoms with Crippen molar-refractivity contribution in [2.45, 2.75) is 78.6 Å². The van der Waals surface area contributed by atoms with Crippen molar-refractivity contribution in [1.29, 1.82) is 0 Å². The summed E-state index contributed by atoms with van der Waals surface area (Å²) in [4.78, 5) is 59.8. The minimum atomic E-state index is -1.18. The number of aliphatic carboxylic acids is 2. The zero-order valence-corrected chi connectivity index (χ0v) is 19.0. The summed E-state index contributed by atoms with van der Waals surface area (Å²) in [6.45, 7) is 10.1.